The number of sulfonamides is 1. The molecule has 3 aromatic rings. The third-order valence-corrected chi connectivity index (χ3v) is 6.08. The fourth-order valence-electron chi connectivity index (χ4n) is 3.25. The molecule has 7 nitrogen and oxygen atoms in total. The zero-order valence-electron chi connectivity index (χ0n) is 14.3. The Balaban J connectivity index is 1.38. The molecule has 1 aromatic carbocycles. The van der Waals surface area contributed by atoms with Crippen molar-refractivity contribution in [1.82, 2.24) is 24.1 Å². The molecular weight excluding hydrogens is 350 g/mol. The molecule has 0 radical (unpaired) electrons. The number of nitrogens with zero attached hydrogens (tertiary/aromatic N) is 4. The van der Waals surface area contributed by atoms with Crippen LogP contribution in [-0.4, -0.2) is 34.3 Å². The van der Waals surface area contributed by atoms with E-state index in [0.717, 1.165) is 30.8 Å². The molecular formula is C18H21N5O2S. The Morgan fingerprint density at radius 2 is 2.08 bits per heavy atom. The third-order valence-electron chi connectivity index (χ3n) is 4.70. The lowest BCUT2D eigenvalue weighted by Gasteiger charge is -2.23. The van der Waals surface area contributed by atoms with Gasteiger partial charge in [0.2, 0.25) is 10.0 Å². The smallest absolute Gasteiger partial charge is 0.243 e. The van der Waals surface area contributed by atoms with Gasteiger partial charge in [-0.3, -0.25) is 4.68 Å². The second kappa shape index (κ2) is 7.05. The molecule has 0 aliphatic carbocycles. The van der Waals surface area contributed by atoms with Gasteiger partial charge >= 0.3 is 0 Å². The molecule has 4 rings (SSSR count). The van der Waals surface area contributed by atoms with Crippen molar-refractivity contribution in [3.8, 4) is 0 Å². The van der Waals surface area contributed by atoms with Crippen LogP contribution in [0.3, 0.4) is 0 Å². The van der Waals surface area contributed by atoms with E-state index in [1.165, 1.54) is 6.20 Å². The van der Waals surface area contributed by atoms with E-state index >= 15 is 0 Å². The van der Waals surface area contributed by atoms with Crippen LogP contribution in [0.1, 0.15) is 17.8 Å². The van der Waals surface area contributed by atoms with Crippen molar-refractivity contribution in [2.24, 2.45) is 5.92 Å². The first kappa shape index (κ1) is 17.0. The van der Waals surface area contributed by atoms with Gasteiger partial charge in [-0.05, 0) is 17.9 Å². The lowest BCUT2D eigenvalue weighted by molar-refractivity contribution is 0.363. The monoisotopic (exact) mass is 371 g/mol. The van der Waals surface area contributed by atoms with Crippen LogP contribution in [0.15, 0.2) is 60.0 Å². The van der Waals surface area contributed by atoms with Crippen molar-refractivity contribution >= 4 is 10.0 Å². The van der Waals surface area contributed by atoms with Gasteiger partial charge in [0, 0.05) is 38.1 Å². The molecule has 0 bridgehead atoms. The summed E-state index contributed by atoms with van der Waals surface area (Å²) in [6, 6.07) is 9.83. The summed E-state index contributed by atoms with van der Waals surface area (Å²) < 4.78 is 31.6. The first-order chi connectivity index (χ1) is 12.6. The Kier molecular flexibility index (Phi) is 4.60. The van der Waals surface area contributed by atoms with Gasteiger partial charge < -0.3 is 4.57 Å². The first-order valence-corrected chi connectivity index (χ1v) is 10.1. The van der Waals surface area contributed by atoms with Crippen LogP contribution >= 0.6 is 0 Å². The number of nitrogens with one attached hydrogen (secondary N) is 1. The highest BCUT2D eigenvalue weighted by Crippen LogP contribution is 2.19. The summed E-state index contributed by atoms with van der Waals surface area (Å²) in [5.41, 5.74) is 1.07. The van der Waals surface area contributed by atoms with Gasteiger partial charge in [-0.25, -0.2) is 18.1 Å². The third kappa shape index (κ3) is 3.71. The Morgan fingerprint density at radius 3 is 2.92 bits per heavy atom. The second-order valence-electron chi connectivity index (χ2n) is 6.61. The van der Waals surface area contributed by atoms with E-state index < -0.39 is 10.0 Å². The lowest BCUT2D eigenvalue weighted by atomic mass is 10.00. The van der Waals surface area contributed by atoms with Crippen molar-refractivity contribution in [2.75, 3.05) is 6.54 Å². The molecule has 0 saturated heterocycles. The molecule has 26 heavy (non-hydrogen) atoms. The largest absolute Gasteiger partial charge is 0.335 e. The molecule has 0 fully saturated rings. The Hall–Kier alpha value is -2.45. The highest BCUT2D eigenvalue weighted by Gasteiger charge is 2.22. The molecule has 136 valence electrons. The minimum absolute atomic E-state index is 0.201. The number of hydrogen-bond donors (Lipinski definition) is 1. The quantitative estimate of drug-likeness (QED) is 0.715. The van der Waals surface area contributed by atoms with Crippen LogP contribution in [0.2, 0.25) is 0 Å². The van der Waals surface area contributed by atoms with Crippen LogP contribution in [0.5, 0.6) is 0 Å². The summed E-state index contributed by atoms with van der Waals surface area (Å²) in [7, 11) is -3.55. The molecule has 1 aliphatic rings. The van der Waals surface area contributed by atoms with Gasteiger partial charge in [-0.1, -0.05) is 30.3 Å². The van der Waals surface area contributed by atoms with E-state index in [1.807, 2.05) is 36.5 Å². The van der Waals surface area contributed by atoms with E-state index in [-0.39, 0.29) is 10.8 Å². The van der Waals surface area contributed by atoms with Gasteiger partial charge in [0.1, 0.15) is 10.7 Å². The van der Waals surface area contributed by atoms with Crippen LogP contribution in [0, 0.1) is 5.92 Å². The minimum atomic E-state index is -3.55. The predicted molar refractivity (Wildman–Crippen MR) is 97.0 cm³/mol. The minimum Gasteiger partial charge on any atom is -0.335 e. The van der Waals surface area contributed by atoms with Crippen molar-refractivity contribution in [2.45, 2.75) is 30.8 Å². The number of imidazole rings is 1. The summed E-state index contributed by atoms with van der Waals surface area (Å²) in [6.45, 7) is 1.76. The molecule has 0 saturated carbocycles. The van der Waals surface area contributed by atoms with Gasteiger partial charge in [0.05, 0.1) is 12.7 Å². The first-order valence-electron chi connectivity index (χ1n) is 8.66. The number of aromatic nitrogens is 4. The lowest BCUT2D eigenvalue weighted by Crippen LogP contribution is -2.33. The highest BCUT2D eigenvalue weighted by atomic mass is 32.2. The molecule has 2 aromatic heterocycles. The van der Waals surface area contributed by atoms with Crippen molar-refractivity contribution in [1.29, 1.82) is 0 Å². The normalized spacial score (nSPS) is 17.2. The van der Waals surface area contributed by atoms with E-state index in [0.29, 0.717) is 13.1 Å². The standard InChI is InChI=1S/C18H21N5O2S/c24-26(25,21-10-16-6-7-18-19-8-9-22(18)12-16)17-11-20-23(14-17)13-15-4-2-1-3-5-15/h1-5,8-9,11,14,16,21H,6-7,10,12-13H2/t16-/m1/s1. The van der Waals surface area contributed by atoms with Crippen LogP contribution in [0.4, 0.5) is 0 Å². The average molecular weight is 371 g/mol. The molecule has 0 amide bonds. The molecule has 1 N–H and O–H groups in total. The van der Waals surface area contributed by atoms with E-state index in [1.54, 1.807) is 17.1 Å². The van der Waals surface area contributed by atoms with Crippen LogP contribution in [0.25, 0.3) is 0 Å². The maximum Gasteiger partial charge on any atom is 0.243 e. The van der Waals surface area contributed by atoms with E-state index in [2.05, 4.69) is 19.4 Å². The number of aryl methyl sites for hydroxylation is 1. The van der Waals surface area contributed by atoms with Gasteiger partial charge in [-0.2, -0.15) is 5.10 Å². The topological polar surface area (TPSA) is 81.8 Å². The summed E-state index contributed by atoms with van der Waals surface area (Å²) in [5, 5.41) is 4.18. The molecule has 1 aliphatic heterocycles. The zero-order chi connectivity index (χ0) is 18.0. The molecule has 3 heterocycles. The van der Waals surface area contributed by atoms with Gasteiger partial charge in [0.15, 0.2) is 0 Å². The van der Waals surface area contributed by atoms with Crippen molar-refractivity contribution in [3.05, 3.63) is 66.5 Å². The Morgan fingerprint density at radius 1 is 1.23 bits per heavy atom. The highest BCUT2D eigenvalue weighted by molar-refractivity contribution is 7.89. The molecule has 0 unspecified atom stereocenters. The molecule has 1 atom stereocenters. The van der Waals surface area contributed by atoms with Crippen LogP contribution < -0.4 is 4.72 Å². The fraction of sp³-hybridized carbons (Fsp3) is 0.333. The molecule has 0 spiro atoms. The predicted octanol–water partition coefficient (Wildman–Crippen LogP) is 1.67. The number of benzene rings is 1. The van der Waals surface area contributed by atoms with Crippen molar-refractivity contribution < 1.29 is 8.42 Å². The maximum atomic E-state index is 12.6. The summed E-state index contributed by atoms with van der Waals surface area (Å²) in [5.74, 6) is 1.34. The maximum absolute atomic E-state index is 12.6. The van der Waals surface area contributed by atoms with Crippen molar-refractivity contribution in [3.63, 3.8) is 0 Å². The fourth-order valence-corrected chi connectivity index (χ4v) is 4.32. The van der Waals surface area contributed by atoms with Crippen LogP contribution in [-0.2, 0) is 29.5 Å². The van der Waals surface area contributed by atoms with E-state index in [9.17, 15) is 8.42 Å². The second-order valence-corrected chi connectivity index (χ2v) is 8.38. The van der Waals surface area contributed by atoms with Gasteiger partial charge in [0.25, 0.3) is 0 Å². The number of fused-ring (bicyclic) bond motifs is 1. The summed E-state index contributed by atoms with van der Waals surface area (Å²) in [6.07, 6.45) is 8.54. The zero-order valence-corrected chi connectivity index (χ0v) is 15.1. The van der Waals surface area contributed by atoms with E-state index in [4.69, 9.17) is 0 Å². The summed E-state index contributed by atoms with van der Waals surface area (Å²) >= 11 is 0. The van der Waals surface area contributed by atoms with Gasteiger partial charge in [-0.15, -0.1) is 0 Å². The summed E-state index contributed by atoms with van der Waals surface area (Å²) in [4.78, 5) is 4.50. The Labute approximate surface area is 152 Å². The number of hydrogen-bond acceptors (Lipinski definition) is 4. The molecule has 8 heteroatoms. The number of rotatable bonds is 6. The average Bonchev–Trinajstić information content (AvgIpc) is 3.30. The SMILES string of the molecule is O=S(=O)(NC[C@H]1CCc2nccn2C1)c1cnn(Cc2ccccc2)c1. The Bertz CT molecular complexity index is 978.